The fourth-order valence-corrected chi connectivity index (χ4v) is 4.24. The highest BCUT2D eigenvalue weighted by molar-refractivity contribution is 5.98. The van der Waals surface area contributed by atoms with Crippen LogP contribution < -0.4 is 10.1 Å². The fraction of sp³-hybridized carbons (Fsp3) is 0.179. The number of carbonyl (C=O) groups excluding carboxylic acids is 2. The van der Waals surface area contributed by atoms with Crippen molar-refractivity contribution in [3.8, 4) is 22.9 Å². The third-order valence-corrected chi connectivity index (χ3v) is 6.13. The topological polar surface area (TPSA) is 102 Å². The summed E-state index contributed by atoms with van der Waals surface area (Å²) in [5, 5.41) is 12.0. The maximum atomic E-state index is 14.3. The molecule has 1 aromatic heterocycles. The summed E-state index contributed by atoms with van der Waals surface area (Å²) in [4.78, 5) is 24.5. The summed E-state index contributed by atoms with van der Waals surface area (Å²) in [5.41, 5.74) is 1.76. The number of nitriles is 1. The zero-order valence-corrected chi connectivity index (χ0v) is 19.4. The Morgan fingerprint density at radius 3 is 2.68 bits per heavy atom. The van der Waals surface area contributed by atoms with Gasteiger partial charge in [-0.2, -0.15) is 5.26 Å². The molecule has 1 N–H and O–H groups in total. The normalized spacial score (nSPS) is 14.9. The van der Waals surface area contributed by atoms with Gasteiger partial charge in [0.1, 0.15) is 41.9 Å². The minimum absolute atomic E-state index is 0.0787. The van der Waals surface area contributed by atoms with Gasteiger partial charge in [0.05, 0.1) is 10.9 Å². The molecule has 1 saturated heterocycles. The summed E-state index contributed by atoms with van der Waals surface area (Å²) in [6.07, 6.45) is 2.60. The number of ether oxygens (including phenoxy) is 2. The van der Waals surface area contributed by atoms with Crippen LogP contribution in [0.2, 0.25) is 0 Å². The summed E-state index contributed by atoms with van der Waals surface area (Å²) in [7, 11) is 0. The van der Waals surface area contributed by atoms with Gasteiger partial charge in [-0.3, -0.25) is 0 Å². The standard InChI is InChI=1S/C28H20F2N2O5/c29-22-12-21(26-24(25(22)30)19(13-31)15-36-26)17-6-8-20(9-7-17)35-14-16-3-1-4-18(11-16)27(33)37-28(34)23-5-2-10-32-23/h1,3-4,6-9,11-12,15,23,32H,2,5,10,14H2/t23-/m0/s1. The lowest BCUT2D eigenvalue weighted by Crippen LogP contribution is -2.33. The van der Waals surface area contributed by atoms with E-state index in [1.807, 2.05) is 0 Å². The Balaban J connectivity index is 1.27. The van der Waals surface area contributed by atoms with Crippen molar-refractivity contribution in [3.05, 3.63) is 89.2 Å². The summed E-state index contributed by atoms with van der Waals surface area (Å²) >= 11 is 0. The second-order valence-electron chi connectivity index (χ2n) is 8.56. The largest absolute Gasteiger partial charge is 0.489 e. The summed E-state index contributed by atoms with van der Waals surface area (Å²) in [5.74, 6) is -3.02. The maximum absolute atomic E-state index is 14.3. The molecule has 0 radical (unpaired) electrons. The minimum Gasteiger partial charge on any atom is -0.489 e. The third-order valence-electron chi connectivity index (χ3n) is 6.13. The van der Waals surface area contributed by atoms with Gasteiger partial charge in [0.2, 0.25) is 0 Å². The number of hydrogen-bond donors (Lipinski definition) is 1. The van der Waals surface area contributed by atoms with Crippen molar-refractivity contribution in [2.45, 2.75) is 25.5 Å². The molecule has 0 bridgehead atoms. The predicted molar refractivity (Wildman–Crippen MR) is 129 cm³/mol. The lowest BCUT2D eigenvalue weighted by Gasteiger charge is -2.11. The molecular weight excluding hydrogens is 482 g/mol. The first-order valence-corrected chi connectivity index (χ1v) is 11.6. The molecule has 1 fully saturated rings. The van der Waals surface area contributed by atoms with Crippen molar-refractivity contribution in [1.29, 1.82) is 5.26 Å². The molecule has 9 heteroatoms. The van der Waals surface area contributed by atoms with Crippen molar-refractivity contribution >= 4 is 22.9 Å². The van der Waals surface area contributed by atoms with E-state index >= 15 is 0 Å². The van der Waals surface area contributed by atoms with Gasteiger partial charge < -0.3 is 19.2 Å². The number of esters is 2. The van der Waals surface area contributed by atoms with Crippen LogP contribution in [-0.2, 0) is 16.1 Å². The zero-order valence-electron chi connectivity index (χ0n) is 19.4. The van der Waals surface area contributed by atoms with Gasteiger partial charge in [-0.25, -0.2) is 18.4 Å². The van der Waals surface area contributed by atoms with Crippen LogP contribution in [0.4, 0.5) is 8.78 Å². The molecule has 37 heavy (non-hydrogen) atoms. The zero-order chi connectivity index (χ0) is 25.9. The van der Waals surface area contributed by atoms with E-state index < -0.39 is 29.6 Å². The van der Waals surface area contributed by atoms with Crippen LogP contribution in [0, 0.1) is 23.0 Å². The van der Waals surface area contributed by atoms with E-state index in [-0.39, 0.29) is 28.7 Å². The van der Waals surface area contributed by atoms with Gasteiger partial charge in [-0.15, -0.1) is 0 Å². The van der Waals surface area contributed by atoms with Crippen molar-refractivity contribution in [1.82, 2.24) is 5.32 Å². The molecule has 1 aliphatic rings. The van der Waals surface area contributed by atoms with Crippen LogP contribution in [0.5, 0.6) is 5.75 Å². The number of hydrogen-bond acceptors (Lipinski definition) is 7. The Hall–Kier alpha value is -4.55. The number of carbonyl (C=O) groups is 2. The van der Waals surface area contributed by atoms with E-state index in [0.717, 1.165) is 25.3 Å². The van der Waals surface area contributed by atoms with Crippen LogP contribution >= 0.6 is 0 Å². The molecule has 0 aliphatic carbocycles. The van der Waals surface area contributed by atoms with Gasteiger partial charge in [0, 0.05) is 5.56 Å². The molecule has 0 unspecified atom stereocenters. The molecule has 3 aromatic carbocycles. The average Bonchev–Trinajstić information content (AvgIpc) is 3.61. The lowest BCUT2D eigenvalue weighted by atomic mass is 10.0. The quantitative estimate of drug-likeness (QED) is 0.283. The molecule has 1 aliphatic heterocycles. The Morgan fingerprint density at radius 2 is 1.95 bits per heavy atom. The van der Waals surface area contributed by atoms with E-state index in [9.17, 15) is 18.4 Å². The number of fused-ring (bicyclic) bond motifs is 1. The monoisotopic (exact) mass is 502 g/mol. The molecule has 7 nitrogen and oxygen atoms in total. The highest BCUT2D eigenvalue weighted by atomic mass is 19.2. The Bertz CT molecular complexity index is 1530. The number of nitrogens with zero attached hydrogens (tertiary/aromatic N) is 1. The molecule has 0 saturated carbocycles. The lowest BCUT2D eigenvalue weighted by molar-refractivity contribution is -0.139. The molecule has 1 atom stereocenters. The Kier molecular flexibility index (Phi) is 6.66. The van der Waals surface area contributed by atoms with Gasteiger partial charge >= 0.3 is 11.9 Å². The van der Waals surface area contributed by atoms with E-state index in [1.54, 1.807) is 54.6 Å². The van der Waals surface area contributed by atoms with Crippen LogP contribution in [0.25, 0.3) is 22.1 Å². The molecule has 2 heterocycles. The average molecular weight is 502 g/mol. The van der Waals surface area contributed by atoms with Crippen LogP contribution in [-0.4, -0.2) is 24.5 Å². The van der Waals surface area contributed by atoms with Gasteiger partial charge in [0.25, 0.3) is 0 Å². The first kappa shape index (κ1) is 24.2. The molecule has 0 spiro atoms. The molecule has 0 amide bonds. The SMILES string of the molecule is N#Cc1coc2c(-c3ccc(OCc4cccc(C(=O)OC(=O)[C@@H]5CCCN5)c4)cc3)cc(F)c(F)c12. The minimum atomic E-state index is -1.13. The van der Waals surface area contributed by atoms with Crippen LogP contribution in [0.3, 0.4) is 0 Å². The Labute approximate surface area is 210 Å². The van der Waals surface area contributed by atoms with Crippen LogP contribution in [0.15, 0.2) is 65.3 Å². The van der Waals surface area contributed by atoms with Gasteiger partial charge in [-0.1, -0.05) is 24.3 Å². The van der Waals surface area contributed by atoms with Crippen molar-refractivity contribution in [2.75, 3.05) is 6.54 Å². The summed E-state index contributed by atoms with van der Waals surface area (Å²) in [6.45, 7) is 0.857. The Morgan fingerprint density at radius 1 is 1.14 bits per heavy atom. The van der Waals surface area contributed by atoms with E-state index in [4.69, 9.17) is 19.2 Å². The molecular formula is C28H20F2N2O5. The van der Waals surface area contributed by atoms with Crippen molar-refractivity contribution in [2.24, 2.45) is 0 Å². The second kappa shape index (κ2) is 10.2. The molecule has 5 rings (SSSR count). The summed E-state index contributed by atoms with van der Waals surface area (Å²) < 4.78 is 44.6. The number of halogens is 2. The van der Waals surface area contributed by atoms with E-state index in [2.05, 4.69) is 5.32 Å². The van der Waals surface area contributed by atoms with Crippen molar-refractivity contribution < 1.29 is 32.3 Å². The first-order valence-electron chi connectivity index (χ1n) is 11.6. The van der Waals surface area contributed by atoms with Gasteiger partial charge in [-0.05, 0) is 60.8 Å². The highest BCUT2D eigenvalue weighted by Crippen LogP contribution is 2.35. The highest BCUT2D eigenvalue weighted by Gasteiger charge is 2.26. The van der Waals surface area contributed by atoms with Gasteiger partial charge in [0.15, 0.2) is 11.6 Å². The number of nitrogens with one attached hydrogen (secondary N) is 1. The smallest absolute Gasteiger partial charge is 0.345 e. The molecule has 186 valence electrons. The number of furan rings is 1. The maximum Gasteiger partial charge on any atom is 0.345 e. The van der Waals surface area contributed by atoms with Crippen molar-refractivity contribution in [3.63, 3.8) is 0 Å². The number of rotatable bonds is 6. The first-order chi connectivity index (χ1) is 17.9. The summed E-state index contributed by atoms with van der Waals surface area (Å²) in [6, 6.07) is 15.6. The van der Waals surface area contributed by atoms with Crippen LogP contribution in [0.1, 0.15) is 34.3 Å². The fourth-order valence-electron chi connectivity index (χ4n) is 4.24. The number of benzene rings is 3. The van der Waals surface area contributed by atoms with E-state index in [1.165, 1.54) is 0 Å². The predicted octanol–water partition coefficient (Wildman–Crippen LogP) is 5.26. The van der Waals surface area contributed by atoms with E-state index in [0.29, 0.717) is 28.9 Å². The third kappa shape index (κ3) is 4.92. The second-order valence-corrected chi connectivity index (χ2v) is 8.56. The molecule has 4 aromatic rings.